The molecule has 1 aliphatic rings. The van der Waals surface area contributed by atoms with Gasteiger partial charge < -0.3 is 5.32 Å². The van der Waals surface area contributed by atoms with Crippen molar-refractivity contribution in [1.82, 2.24) is 5.32 Å². The van der Waals surface area contributed by atoms with Gasteiger partial charge in [0.25, 0.3) is 0 Å². The van der Waals surface area contributed by atoms with E-state index in [1.807, 2.05) is 7.05 Å². The zero-order valence-corrected chi connectivity index (χ0v) is 10.0. The largest absolute Gasteiger partial charge is 0.388 e. The van der Waals surface area contributed by atoms with Gasteiger partial charge in [-0.1, -0.05) is 38.7 Å². The maximum atomic E-state index is 4.05. The second-order valence-electron chi connectivity index (χ2n) is 3.98. The molecule has 1 N–H and O–H groups in total. The number of nitrogens with one attached hydrogen (secondary N) is 1. The molecule has 0 radical (unpaired) electrons. The van der Waals surface area contributed by atoms with Gasteiger partial charge in [0.1, 0.15) is 0 Å². The fourth-order valence-corrected chi connectivity index (χ4v) is 1.65. The zero-order valence-electron chi connectivity index (χ0n) is 10.0. The molecule has 0 fully saturated rings. The summed E-state index contributed by atoms with van der Waals surface area (Å²) in [5.74, 6) is 0.555. The van der Waals surface area contributed by atoms with Gasteiger partial charge in [-0.05, 0) is 36.0 Å². The lowest BCUT2D eigenvalue weighted by molar-refractivity contribution is 0.651. The zero-order chi connectivity index (χ0) is 11.3. The molecule has 0 spiro atoms. The highest BCUT2D eigenvalue weighted by Gasteiger charge is 2.10. The van der Waals surface area contributed by atoms with E-state index in [9.17, 15) is 0 Å². The van der Waals surface area contributed by atoms with Crippen molar-refractivity contribution in [3.63, 3.8) is 0 Å². The van der Waals surface area contributed by atoms with E-state index in [4.69, 9.17) is 0 Å². The van der Waals surface area contributed by atoms with Crippen molar-refractivity contribution in [2.45, 2.75) is 26.7 Å². The Morgan fingerprint density at radius 1 is 1.67 bits per heavy atom. The van der Waals surface area contributed by atoms with Crippen molar-refractivity contribution < 1.29 is 0 Å². The summed E-state index contributed by atoms with van der Waals surface area (Å²) < 4.78 is 0. The third-order valence-corrected chi connectivity index (χ3v) is 2.92. The second-order valence-corrected chi connectivity index (χ2v) is 3.98. The number of allylic oxidation sites excluding steroid dienone is 6. The van der Waals surface area contributed by atoms with Gasteiger partial charge in [0.15, 0.2) is 0 Å². The first-order valence-corrected chi connectivity index (χ1v) is 5.64. The molecule has 0 aromatic carbocycles. The van der Waals surface area contributed by atoms with Crippen molar-refractivity contribution in [2.24, 2.45) is 5.92 Å². The van der Waals surface area contributed by atoms with Gasteiger partial charge in [-0.2, -0.15) is 0 Å². The second kappa shape index (κ2) is 5.59. The Labute approximate surface area is 93.3 Å². The molecule has 1 nitrogen and oxygen atoms in total. The summed E-state index contributed by atoms with van der Waals surface area (Å²) in [4.78, 5) is 0. The molecule has 1 aliphatic carbocycles. The van der Waals surface area contributed by atoms with Gasteiger partial charge in [-0.15, -0.1) is 0 Å². The standard InChI is InChI=1S/C14H21N/c1-5-11(2)14(12(3)15-4)10-13-8-6-7-9-13/h6,8-11,15H,3,5,7H2,1-2,4H3/b14-10+. The Hall–Kier alpha value is -1.24. The maximum Gasteiger partial charge on any atom is 0.0300 e. The first-order valence-electron chi connectivity index (χ1n) is 5.64. The van der Waals surface area contributed by atoms with Gasteiger partial charge in [0, 0.05) is 12.7 Å². The highest BCUT2D eigenvalue weighted by Crippen LogP contribution is 2.23. The maximum absolute atomic E-state index is 4.05. The first kappa shape index (κ1) is 11.8. The van der Waals surface area contributed by atoms with Crippen LogP contribution in [-0.2, 0) is 0 Å². The van der Waals surface area contributed by atoms with Crippen molar-refractivity contribution >= 4 is 0 Å². The summed E-state index contributed by atoms with van der Waals surface area (Å²) in [6, 6.07) is 0. The average molecular weight is 203 g/mol. The molecular weight excluding hydrogens is 182 g/mol. The summed E-state index contributed by atoms with van der Waals surface area (Å²) in [7, 11) is 1.93. The lowest BCUT2D eigenvalue weighted by atomic mass is 9.94. The van der Waals surface area contributed by atoms with E-state index in [0.717, 1.165) is 18.5 Å². The van der Waals surface area contributed by atoms with Crippen LogP contribution in [-0.4, -0.2) is 7.05 Å². The first-order chi connectivity index (χ1) is 7.19. The molecule has 0 aromatic rings. The molecule has 15 heavy (non-hydrogen) atoms. The Balaban J connectivity index is 2.89. The van der Waals surface area contributed by atoms with Crippen molar-refractivity contribution in [1.29, 1.82) is 0 Å². The summed E-state index contributed by atoms with van der Waals surface area (Å²) in [5.41, 5.74) is 3.66. The molecule has 1 rings (SSSR count). The Kier molecular flexibility index (Phi) is 4.41. The molecule has 0 aliphatic heterocycles. The fraction of sp³-hybridized carbons (Fsp3) is 0.429. The topological polar surface area (TPSA) is 12.0 Å². The van der Waals surface area contributed by atoms with Crippen LogP contribution in [0.2, 0.25) is 0 Å². The summed E-state index contributed by atoms with van der Waals surface area (Å²) >= 11 is 0. The molecule has 0 aromatic heterocycles. The molecule has 0 saturated heterocycles. The predicted octanol–water partition coefficient (Wildman–Crippen LogP) is 3.58. The van der Waals surface area contributed by atoms with Gasteiger partial charge >= 0.3 is 0 Å². The molecule has 0 bridgehead atoms. The molecule has 1 atom stereocenters. The van der Waals surface area contributed by atoms with Crippen molar-refractivity contribution in [2.75, 3.05) is 7.05 Å². The van der Waals surface area contributed by atoms with E-state index in [1.165, 1.54) is 11.1 Å². The van der Waals surface area contributed by atoms with E-state index in [1.54, 1.807) is 0 Å². The minimum absolute atomic E-state index is 0.555. The van der Waals surface area contributed by atoms with E-state index in [2.05, 4.69) is 50.0 Å². The molecule has 0 heterocycles. The SMILES string of the molecule is C=C(NC)/C(=C/C1=CCC=C1)C(C)CC. The fourth-order valence-electron chi connectivity index (χ4n) is 1.65. The Bertz CT molecular complexity index is 318. The highest BCUT2D eigenvalue weighted by molar-refractivity contribution is 5.43. The molecule has 82 valence electrons. The lowest BCUT2D eigenvalue weighted by Crippen LogP contribution is -2.12. The summed E-state index contributed by atoms with van der Waals surface area (Å²) in [6.45, 7) is 8.51. The van der Waals surface area contributed by atoms with Crippen LogP contribution in [0.3, 0.4) is 0 Å². The predicted molar refractivity (Wildman–Crippen MR) is 67.6 cm³/mol. The van der Waals surface area contributed by atoms with Crippen molar-refractivity contribution in [3.8, 4) is 0 Å². The number of hydrogen-bond donors (Lipinski definition) is 1. The quantitative estimate of drug-likeness (QED) is 0.673. The van der Waals surface area contributed by atoms with Crippen LogP contribution in [0.4, 0.5) is 0 Å². The van der Waals surface area contributed by atoms with Crippen LogP contribution in [0.5, 0.6) is 0 Å². The van der Waals surface area contributed by atoms with Crippen LogP contribution < -0.4 is 5.32 Å². The Morgan fingerprint density at radius 2 is 2.40 bits per heavy atom. The Morgan fingerprint density at radius 3 is 2.87 bits per heavy atom. The molecule has 1 unspecified atom stereocenters. The number of hydrogen-bond acceptors (Lipinski definition) is 1. The van der Waals surface area contributed by atoms with Crippen LogP contribution in [0, 0.1) is 5.92 Å². The van der Waals surface area contributed by atoms with Crippen LogP contribution >= 0.6 is 0 Å². The van der Waals surface area contributed by atoms with E-state index in [-0.39, 0.29) is 0 Å². The molecular formula is C14H21N. The molecule has 0 saturated carbocycles. The third-order valence-electron chi connectivity index (χ3n) is 2.92. The minimum Gasteiger partial charge on any atom is -0.388 e. The van der Waals surface area contributed by atoms with Crippen molar-refractivity contribution in [3.05, 3.63) is 47.7 Å². The highest BCUT2D eigenvalue weighted by atomic mass is 14.8. The van der Waals surface area contributed by atoms with Gasteiger partial charge in [-0.3, -0.25) is 0 Å². The van der Waals surface area contributed by atoms with E-state index >= 15 is 0 Å². The number of rotatable bonds is 5. The summed E-state index contributed by atoms with van der Waals surface area (Å²) in [6.07, 6.45) is 11.0. The minimum atomic E-state index is 0.555. The van der Waals surface area contributed by atoms with Gasteiger partial charge in [-0.25, -0.2) is 0 Å². The average Bonchev–Trinajstić information content (AvgIpc) is 2.76. The number of likely N-dealkylation sites (N-methyl/N-ethyl adjacent to an activating group) is 1. The normalized spacial score (nSPS) is 17.5. The third kappa shape index (κ3) is 3.12. The monoisotopic (exact) mass is 203 g/mol. The van der Waals surface area contributed by atoms with Crippen LogP contribution in [0.1, 0.15) is 26.7 Å². The van der Waals surface area contributed by atoms with Crippen LogP contribution in [0.15, 0.2) is 47.7 Å². The van der Waals surface area contributed by atoms with E-state index < -0.39 is 0 Å². The van der Waals surface area contributed by atoms with Gasteiger partial charge in [0.05, 0.1) is 0 Å². The molecule has 0 amide bonds. The van der Waals surface area contributed by atoms with Gasteiger partial charge in [0.2, 0.25) is 0 Å². The summed E-state index contributed by atoms with van der Waals surface area (Å²) in [5, 5.41) is 3.14. The van der Waals surface area contributed by atoms with Crippen LogP contribution in [0.25, 0.3) is 0 Å². The molecule has 1 heteroatoms. The lowest BCUT2D eigenvalue weighted by Gasteiger charge is -2.16. The smallest absolute Gasteiger partial charge is 0.0300 e. The van der Waals surface area contributed by atoms with E-state index in [0.29, 0.717) is 5.92 Å².